The third-order valence-electron chi connectivity index (χ3n) is 4.33. The first-order valence-electron chi connectivity index (χ1n) is 8.94. The molecule has 0 saturated carbocycles. The Morgan fingerprint density at radius 1 is 1.08 bits per heavy atom. The van der Waals surface area contributed by atoms with Crippen molar-refractivity contribution in [3.05, 3.63) is 58.1 Å². The third kappa shape index (κ3) is 5.40. The van der Waals surface area contributed by atoms with Crippen LogP contribution < -0.4 is 15.0 Å². The van der Waals surface area contributed by atoms with E-state index in [1.165, 1.54) is 5.69 Å². The Bertz CT molecular complexity index is 717. The highest BCUT2D eigenvalue weighted by atomic mass is 35.5. The van der Waals surface area contributed by atoms with Crippen molar-refractivity contribution in [1.29, 1.82) is 0 Å². The number of nitrogens with one attached hydrogen (secondary N) is 1. The quantitative estimate of drug-likeness (QED) is 0.739. The van der Waals surface area contributed by atoms with Gasteiger partial charge in [0.15, 0.2) is 6.61 Å². The maximum Gasteiger partial charge on any atom is 0.258 e. The maximum absolute atomic E-state index is 12.0. The molecule has 0 radical (unpaired) electrons. The molecule has 0 unspecified atom stereocenters. The summed E-state index contributed by atoms with van der Waals surface area (Å²) in [5.41, 5.74) is 4.14. The molecule has 0 aliphatic heterocycles. The molecule has 0 bridgehead atoms. The van der Waals surface area contributed by atoms with Crippen LogP contribution in [-0.4, -0.2) is 25.6 Å². The highest BCUT2D eigenvalue weighted by molar-refractivity contribution is 6.32. The molecule has 1 N–H and O–H groups in total. The number of anilines is 1. The van der Waals surface area contributed by atoms with Crippen LogP contribution in [0.4, 0.5) is 5.69 Å². The molecule has 2 aromatic rings. The first-order chi connectivity index (χ1) is 12.4. The molecule has 2 rings (SSSR count). The number of rotatable bonds is 8. The number of amides is 1. The second-order valence-corrected chi connectivity index (χ2v) is 6.65. The van der Waals surface area contributed by atoms with Gasteiger partial charge >= 0.3 is 0 Å². The summed E-state index contributed by atoms with van der Waals surface area (Å²) in [6, 6.07) is 11.9. The van der Waals surface area contributed by atoms with Gasteiger partial charge in [-0.2, -0.15) is 0 Å². The molecule has 0 spiro atoms. The van der Waals surface area contributed by atoms with Gasteiger partial charge in [0.1, 0.15) is 5.75 Å². The number of benzene rings is 2. The fraction of sp³-hybridized carbons (Fsp3) is 0.381. The summed E-state index contributed by atoms with van der Waals surface area (Å²) in [6.07, 6.45) is 0. The number of hydrogen-bond acceptors (Lipinski definition) is 3. The van der Waals surface area contributed by atoms with Crippen LogP contribution >= 0.6 is 11.6 Å². The molecular weight excluding hydrogens is 348 g/mol. The van der Waals surface area contributed by atoms with Gasteiger partial charge in [0.05, 0.1) is 0 Å². The Balaban J connectivity index is 1.83. The number of hydrogen-bond donors (Lipinski definition) is 1. The maximum atomic E-state index is 12.0. The zero-order valence-electron chi connectivity index (χ0n) is 15.9. The summed E-state index contributed by atoms with van der Waals surface area (Å²) in [6.45, 7) is 10.6. The van der Waals surface area contributed by atoms with Crippen LogP contribution in [0.25, 0.3) is 0 Å². The van der Waals surface area contributed by atoms with Gasteiger partial charge in [-0.25, -0.2) is 0 Å². The van der Waals surface area contributed by atoms with E-state index in [0.717, 1.165) is 34.8 Å². The lowest BCUT2D eigenvalue weighted by molar-refractivity contribution is -0.123. The molecule has 2 aromatic carbocycles. The van der Waals surface area contributed by atoms with Gasteiger partial charge in [-0.1, -0.05) is 23.7 Å². The fourth-order valence-electron chi connectivity index (χ4n) is 2.80. The van der Waals surface area contributed by atoms with E-state index in [9.17, 15) is 4.79 Å². The minimum atomic E-state index is -0.150. The molecule has 0 saturated heterocycles. The number of ether oxygens (including phenoxy) is 1. The van der Waals surface area contributed by atoms with Crippen LogP contribution in [0.1, 0.15) is 30.5 Å². The minimum absolute atomic E-state index is 0.0158. The predicted molar refractivity (Wildman–Crippen MR) is 108 cm³/mol. The van der Waals surface area contributed by atoms with E-state index in [4.69, 9.17) is 16.3 Å². The summed E-state index contributed by atoms with van der Waals surface area (Å²) in [7, 11) is 0. The zero-order chi connectivity index (χ0) is 19.1. The second kappa shape index (κ2) is 9.48. The lowest BCUT2D eigenvalue weighted by atomic mass is 10.1. The van der Waals surface area contributed by atoms with Crippen molar-refractivity contribution < 1.29 is 9.53 Å². The van der Waals surface area contributed by atoms with Crippen LogP contribution in [0.3, 0.4) is 0 Å². The summed E-state index contributed by atoms with van der Waals surface area (Å²) in [5, 5.41) is 3.61. The smallest absolute Gasteiger partial charge is 0.258 e. The van der Waals surface area contributed by atoms with Crippen LogP contribution in [-0.2, 0) is 11.3 Å². The monoisotopic (exact) mass is 374 g/mol. The molecule has 4 nitrogen and oxygen atoms in total. The number of aryl methyl sites for hydroxylation is 2. The molecule has 26 heavy (non-hydrogen) atoms. The van der Waals surface area contributed by atoms with E-state index in [0.29, 0.717) is 12.3 Å². The highest BCUT2D eigenvalue weighted by Crippen LogP contribution is 2.25. The fourth-order valence-corrected chi connectivity index (χ4v) is 2.91. The van der Waals surface area contributed by atoms with Crippen LogP contribution in [0.15, 0.2) is 36.4 Å². The molecular formula is C21H27ClN2O2. The summed E-state index contributed by atoms with van der Waals surface area (Å²) in [5.74, 6) is 0.506. The van der Waals surface area contributed by atoms with Crippen molar-refractivity contribution in [3.63, 3.8) is 0 Å². The van der Waals surface area contributed by atoms with Gasteiger partial charge in [-0.3, -0.25) is 4.79 Å². The largest absolute Gasteiger partial charge is 0.484 e. The Hall–Kier alpha value is -2.20. The second-order valence-electron chi connectivity index (χ2n) is 6.28. The molecule has 1 amide bonds. The van der Waals surface area contributed by atoms with Gasteiger partial charge in [-0.15, -0.1) is 0 Å². The third-order valence-corrected chi connectivity index (χ3v) is 4.93. The van der Waals surface area contributed by atoms with Crippen molar-refractivity contribution in [2.75, 3.05) is 24.6 Å². The molecule has 0 atom stereocenters. The number of nitrogens with zero attached hydrogens (tertiary/aromatic N) is 1. The van der Waals surface area contributed by atoms with Crippen molar-refractivity contribution in [2.24, 2.45) is 0 Å². The molecule has 0 fully saturated rings. The van der Waals surface area contributed by atoms with E-state index in [2.05, 4.69) is 36.2 Å². The molecule has 0 heterocycles. The average Bonchev–Trinajstić information content (AvgIpc) is 2.64. The van der Waals surface area contributed by atoms with Crippen molar-refractivity contribution in [3.8, 4) is 5.75 Å². The normalized spacial score (nSPS) is 10.5. The molecule has 140 valence electrons. The predicted octanol–water partition coefficient (Wildman–Crippen LogP) is 4.50. The van der Waals surface area contributed by atoms with E-state index in [1.807, 2.05) is 38.1 Å². The van der Waals surface area contributed by atoms with Crippen molar-refractivity contribution >= 4 is 23.2 Å². The SMILES string of the molecule is CCN(CC)c1ccc(CNC(=O)COc2cc(C)c(Cl)c(C)c2)cc1. The Labute approximate surface area is 161 Å². The van der Waals surface area contributed by atoms with Crippen LogP contribution in [0, 0.1) is 13.8 Å². The van der Waals surface area contributed by atoms with Crippen LogP contribution in [0.5, 0.6) is 5.75 Å². The molecule has 0 aromatic heterocycles. The van der Waals surface area contributed by atoms with Gasteiger partial charge in [0.2, 0.25) is 0 Å². The summed E-state index contributed by atoms with van der Waals surface area (Å²) < 4.78 is 5.58. The average molecular weight is 375 g/mol. The van der Waals surface area contributed by atoms with Gasteiger partial charge in [0, 0.05) is 30.3 Å². The van der Waals surface area contributed by atoms with Gasteiger partial charge in [0.25, 0.3) is 5.91 Å². The summed E-state index contributed by atoms with van der Waals surface area (Å²) >= 11 is 6.14. The highest BCUT2D eigenvalue weighted by Gasteiger charge is 2.07. The Morgan fingerprint density at radius 3 is 2.19 bits per heavy atom. The molecule has 0 aliphatic carbocycles. The topological polar surface area (TPSA) is 41.6 Å². The minimum Gasteiger partial charge on any atom is -0.484 e. The van der Waals surface area contributed by atoms with E-state index in [1.54, 1.807) is 0 Å². The summed E-state index contributed by atoms with van der Waals surface area (Å²) in [4.78, 5) is 14.3. The van der Waals surface area contributed by atoms with Crippen molar-refractivity contribution in [2.45, 2.75) is 34.2 Å². The Morgan fingerprint density at radius 2 is 1.65 bits per heavy atom. The molecule has 0 aliphatic rings. The van der Waals surface area contributed by atoms with Gasteiger partial charge in [-0.05, 0) is 68.7 Å². The van der Waals surface area contributed by atoms with Crippen LogP contribution in [0.2, 0.25) is 5.02 Å². The first kappa shape index (κ1) is 20.1. The first-order valence-corrected chi connectivity index (χ1v) is 9.32. The lowest BCUT2D eigenvalue weighted by Crippen LogP contribution is -2.28. The van der Waals surface area contributed by atoms with Gasteiger partial charge < -0.3 is 15.0 Å². The van der Waals surface area contributed by atoms with E-state index in [-0.39, 0.29) is 12.5 Å². The Kier molecular flexibility index (Phi) is 7.34. The number of halogens is 1. The zero-order valence-corrected chi connectivity index (χ0v) is 16.7. The number of carbonyl (C=O) groups excluding carboxylic acids is 1. The van der Waals surface area contributed by atoms with E-state index < -0.39 is 0 Å². The standard InChI is InChI=1S/C21H27ClN2O2/c1-5-24(6-2)18-9-7-17(8-10-18)13-23-20(25)14-26-19-11-15(3)21(22)16(4)12-19/h7-12H,5-6,13-14H2,1-4H3,(H,23,25). The number of carbonyl (C=O) groups is 1. The van der Waals surface area contributed by atoms with E-state index >= 15 is 0 Å². The van der Waals surface area contributed by atoms with Crippen molar-refractivity contribution in [1.82, 2.24) is 5.32 Å². The lowest BCUT2D eigenvalue weighted by Gasteiger charge is -2.21. The molecule has 5 heteroatoms.